The summed E-state index contributed by atoms with van der Waals surface area (Å²) >= 11 is 3.30. The van der Waals surface area contributed by atoms with Crippen molar-refractivity contribution in [1.82, 2.24) is 9.80 Å². The molecule has 5 nitrogen and oxygen atoms in total. The quantitative estimate of drug-likeness (QED) is 0.650. The first-order valence-corrected chi connectivity index (χ1v) is 10.5. The molecule has 1 unspecified atom stereocenters. The van der Waals surface area contributed by atoms with Gasteiger partial charge in [-0.2, -0.15) is 0 Å². The Balaban J connectivity index is 1.70. The summed E-state index contributed by atoms with van der Waals surface area (Å²) in [5.74, 6) is -0.114. The van der Waals surface area contributed by atoms with Crippen LogP contribution in [0.25, 0.3) is 0 Å². The molecular formula is C21H28BrFN2O3. The molecule has 2 aliphatic rings. The van der Waals surface area contributed by atoms with Crippen molar-refractivity contribution in [3.63, 3.8) is 0 Å². The molecule has 2 amide bonds. The maximum absolute atomic E-state index is 13.1. The zero-order valence-corrected chi connectivity index (χ0v) is 18.5. The number of alkyl halides is 1. The van der Waals surface area contributed by atoms with E-state index >= 15 is 0 Å². The fraction of sp³-hybridized carbons (Fsp3) is 0.619. The van der Waals surface area contributed by atoms with Crippen molar-refractivity contribution in [3.05, 3.63) is 33.8 Å². The molecule has 0 aliphatic carbocycles. The van der Waals surface area contributed by atoms with E-state index in [1.165, 1.54) is 0 Å². The van der Waals surface area contributed by atoms with Crippen molar-refractivity contribution < 1.29 is 18.7 Å². The normalized spacial score (nSPS) is 24.2. The molecule has 2 bridgehead atoms. The van der Waals surface area contributed by atoms with Crippen LogP contribution < -0.4 is 0 Å². The van der Waals surface area contributed by atoms with Crippen LogP contribution in [-0.2, 0) is 11.4 Å². The lowest BCUT2D eigenvalue weighted by Crippen LogP contribution is -2.53. The number of hydrogen-bond donors (Lipinski definition) is 0. The van der Waals surface area contributed by atoms with Gasteiger partial charge in [-0.05, 0) is 70.2 Å². The van der Waals surface area contributed by atoms with E-state index in [0.29, 0.717) is 15.6 Å². The first kappa shape index (κ1) is 21.1. The van der Waals surface area contributed by atoms with Crippen molar-refractivity contribution in [2.75, 3.05) is 7.05 Å². The number of halogens is 2. The number of ether oxygens (including phenoxy) is 1. The lowest BCUT2D eigenvalue weighted by Gasteiger charge is -2.42. The molecule has 0 N–H and O–H groups in total. The summed E-state index contributed by atoms with van der Waals surface area (Å²) in [7, 11) is 1.80. The minimum Gasteiger partial charge on any atom is -0.444 e. The van der Waals surface area contributed by atoms with Crippen molar-refractivity contribution in [3.8, 4) is 0 Å². The fourth-order valence-corrected chi connectivity index (χ4v) is 4.61. The molecule has 2 aliphatic heterocycles. The van der Waals surface area contributed by atoms with Gasteiger partial charge in [-0.3, -0.25) is 4.79 Å². The Morgan fingerprint density at radius 2 is 1.86 bits per heavy atom. The largest absolute Gasteiger partial charge is 0.444 e. The van der Waals surface area contributed by atoms with Crippen molar-refractivity contribution in [1.29, 1.82) is 0 Å². The Kier molecular flexibility index (Phi) is 6.03. The Morgan fingerprint density at radius 1 is 1.25 bits per heavy atom. The van der Waals surface area contributed by atoms with Crippen LogP contribution in [0.2, 0.25) is 0 Å². The van der Waals surface area contributed by atoms with Gasteiger partial charge in [0.25, 0.3) is 5.91 Å². The van der Waals surface area contributed by atoms with Gasteiger partial charge in [0.15, 0.2) is 0 Å². The van der Waals surface area contributed by atoms with Gasteiger partial charge in [-0.25, -0.2) is 9.18 Å². The average molecular weight is 455 g/mol. The highest BCUT2D eigenvalue weighted by molar-refractivity contribution is 9.10. The molecule has 3 atom stereocenters. The molecule has 0 radical (unpaired) electrons. The molecule has 7 heteroatoms. The summed E-state index contributed by atoms with van der Waals surface area (Å²) in [5.41, 5.74) is 0.440. The maximum Gasteiger partial charge on any atom is 0.410 e. The predicted molar refractivity (Wildman–Crippen MR) is 109 cm³/mol. The third-order valence-corrected chi connectivity index (χ3v) is 6.39. The van der Waals surface area contributed by atoms with E-state index in [2.05, 4.69) is 15.9 Å². The van der Waals surface area contributed by atoms with Crippen molar-refractivity contribution >= 4 is 27.9 Å². The number of carbonyl (C=O) groups excluding carboxylic acids is 2. The zero-order valence-electron chi connectivity index (χ0n) is 16.9. The molecule has 1 aromatic rings. The molecule has 2 fully saturated rings. The summed E-state index contributed by atoms with van der Waals surface area (Å²) in [6.07, 6.45) is 3.10. The molecule has 0 spiro atoms. The Hall–Kier alpha value is -1.63. The molecule has 2 saturated heterocycles. The molecule has 0 aromatic heterocycles. The molecule has 0 saturated carbocycles. The molecule has 154 valence electrons. The number of benzene rings is 1. The van der Waals surface area contributed by atoms with Gasteiger partial charge < -0.3 is 14.5 Å². The van der Waals surface area contributed by atoms with Crippen LogP contribution in [0.5, 0.6) is 0 Å². The average Bonchev–Trinajstić information content (AvgIpc) is 2.89. The zero-order chi connectivity index (χ0) is 20.6. The van der Waals surface area contributed by atoms with Gasteiger partial charge >= 0.3 is 6.09 Å². The summed E-state index contributed by atoms with van der Waals surface area (Å²) in [6, 6.07) is 5.28. The molecule has 2 heterocycles. The van der Waals surface area contributed by atoms with Crippen LogP contribution in [0.3, 0.4) is 0 Å². The van der Waals surface area contributed by atoms with Gasteiger partial charge in [-0.15, -0.1) is 0 Å². The van der Waals surface area contributed by atoms with Gasteiger partial charge in [0.2, 0.25) is 0 Å². The Morgan fingerprint density at radius 3 is 2.39 bits per heavy atom. The van der Waals surface area contributed by atoms with Gasteiger partial charge in [0, 0.05) is 35.2 Å². The summed E-state index contributed by atoms with van der Waals surface area (Å²) in [6.45, 7) is 4.99. The Bertz CT molecular complexity index is 751. The standard InChI is InChI=1S/C21H28BrFN2O3/c1-21(2,3)28-20(27)25-15-6-7-16(25)11-17(10-15)24(4)19(26)13-5-8-18(22)14(9-13)12-23/h5,8-9,15-17H,6-7,10-12H2,1-4H3/t15-,16+,17?. The highest BCUT2D eigenvalue weighted by Crippen LogP contribution is 2.38. The van der Waals surface area contributed by atoms with E-state index in [4.69, 9.17) is 4.74 Å². The Labute approximate surface area is 174 Å². The molecule has 1 aromatic carbocycles. The monoisotopic (exact) mass is 454 g/mol. The highest BCUT2D eigenvalue weighted by atomic mass is 79.9. The van der Waals surface area contributed by atoms with E-state index in [1.807, 2.05) is 25.7 Å². The van der Waals surface area contributed by atoms with Crippen molar-refractivity contribution in [2.24, 2.45) is 0 Å². The van der Waals surface area contributed by atoms with E-state index < -0.39 is 12.3 Å². The van der Waals surface area contributed by atoms with Gasteiger partial charge in [0.05, 0.1) is 0 Å². The molecule has 3 rings (SSSR count). The van der Waals surface area contributed by atoms with Crippen LogP contribution >= 0.6 is 15.9 Å². The van der Waals surface area contributed by atoms with E-state index in [0.717, 1.165) is 25.7 Å². The SMILES string of the molecule is CN(C(=O)c1ccc(Br)c(CF)c1)C1C[C@H]2CC[C@@H](C1)N2C(=O)OC(C)(C)C. The van der Waals surface area contributed by atoms with Crippen LogP contribution in [-0.4, -0.2) is 52.6 Å². The van der Waals surface area contributed by atoms with E-state index in [9.17, 15) is 14.0 Å². The molecular weight excluding hydrogens is 427 g/mol. The third kappa shape index (κ3) is 4.34. The highest BCUT2D eigenvalue weighted by Gasteiger charge is 2.46. The predicted octanol–water partition coefficient (Wildman–Crippen LogP) is 4.92. The second kappa shape index (κ2) is 8.01. The number of fused-ring (bicyclic) bond motifs is 2. The van der Waals surface area contributed by atoms with Crippen LogP contribution in [0, 0.1) is 0 Å². The maximum atomic E-state index is 13.1. The first-order chi connectivity index (χ1) is 13.1. The second-order valence-electron chi connectivity index (χ2n) is 8.75. The topological polar surface area (TPSA) is 49.9 Å². The lowest BCUT2D eigenvalue weighted by molar-refractivity contribution is -0.00111. The van der Waals surface area contributed by atoms with Gasteiger partial charge in [-0.1, -0.05) is 15.9 Å². The van der Waals surface area contributed by atoms with Crippen LogP contribution in [0.1, 0.15) is 62.4 Å². The number of carbonyl (C=O) groups is 2. The fourth-order valence-electron chi connectivity index (χ4n) is 4.26. The first-order valence-electron chi connectivity index (χ1n) is 9.73. The smallest absolute Gasteiger partial charge is 0.410 e. The van der Waals surface area contributed by atoms with Crippen LogP contribution in [0.4, 0.5) is 9.18 Å². The minimum absolute atomic E-state index is 0.0566. The third-order valence-electron chi connectivity index (χ3n) is 5.62. The molecule has 28 heavy (non-hydrogen) atoms. The van der Waals surface area contributed by atoms with E-state index in [-0.39, 0.29) is 30.1 Å². The number of amides is 2. The number of nitrogens with zero attached hydrogens (tertiary/aromatic N) is 2. The van der Waals surface area contributed by atoms with Crippen molar-refractivity contribution in [2.45, 2.75) is 76.9 Å². The minimum atomic E-state index is -0.621. The number of rotatable bonds is 3. The number of piperidine rings is 1. The number of hydrogen-bond acceptors (Lipinski definition) is 3. The van der Waals surface area contributed by atoms with Crippen LogP contribution in [0.15, 0.2) is 22.7 Å². The summed E-state index contributed by atoms with van der Waals surface area (Å²) in [4.78, 5) is 29.2. The summed E-state index contributed by atoms with van der Waals surface area (Å²) < 4.78 is 19.4. The van der Waals surface area contributed by atoms with E-state index in [1.54, 1.807) is 30.1 Å². The lowest BCUT2D eigenvalue weighted by atomic mass is 9.96. The summed E-state index contributed by atoms with van der Waals surface area (Å²) in [5, 5.41) is 0. The second-order valence-corrected chi connectivity index (χ2v) is 9.61. The van der Waals surface area contributed by atoms with Gasteiger partial charge in [0.1, 0.15) is 12.3 Å².